The number of hydrogen-bond acceptors (Lipinski definition) is 3. The van der Waals surface area contributed by atoms with Gasteiger partial charge < -0.3 is 5.32 Å². The Morgan fingerprint density at radius 2 is 1.86 bits per heavy atom. The summed E-state index contributed by atoms with van der Waals surface area (Å²) in [6.45, 7) is 4.52. The van der Waals surface area contributed by atoms with Gasteiger partial charge in [-0.3, -0.25) is 4.79 Å². The molecular weight excluding hydrogens is 310 g/mol. The topological polar surface area (TPSA) is 63.2 Å². The van der Waals surface area contributed by atoms with Gasteiger partial charge in [-0.15, -0.1) is 0 Å². The normalized spacial score (nSPS) is 12.9. The largest absolute Gasteiger partial charge is 0.352 e. The van der Waals surface area contributed by atoms with E-state index < -0.39 is 9.05 Å². The first-order valence-electron chi connectivity index (χ1n) is 7.19. The molecule has 0 saturated heterocycles. The van der Waals surface area contributed by atoms with E-state index in [2.05, 4.69) is 12.2 Å². The van der Waals surface area contributed by atoms with E-state index in [0.29, 0.717) is 6.54 Å². The van der Waals surface area contributed by atoms with Gasteiger partial charge in [-0.2, -0.15) is 0 Å². The van der Waals surface area contributed by atoms with E-state index in [1.54, 1.807) is 12.1 Å². The van der Waals surface area contributed by atoms with Crippen molar-refractivity contribution in [3.8, 4) is 0 Å². The molecule has 0 fully saturated rings. The molecule has 1 aromatic rings. The van der Waals surface area contributed by atoms with Crippen LogP contribution >= 0.6 is 10.7 Å². The number of hydrogen-bond donors (Lipinski definition) is 1. The smallest absolute Gasteiger partial charge is 0.261 e. The van der Waals surface area contributed by atoms with Gasteiger partial charge >= 0.3 is 0 Å². The van der Waals surface area contributed by atoms with Crippen molar-refractivity contribution in [2.45, 2.75) is 51.0 Å². The van der Waals surface area contributed by atoms with Crippen molar-refractivity contribution in [1.82, 2.24) is 5.32 Å². The lowest BCUT2D eigenvalue weighted by molar-refractivity contribution is -0.125. The first kappa shape index (κ1) is 18.0. The molecule has 21 heavy (non-hydrogen) atoms. The van der Waals surface area contributed by atoms with Crippen molar-refractivity contribution >= 4 is 25.6 Å². The van der Waals surface area contributed by atoms with Gasteiger partial charge in [-0.25, -0.2) is 8.42 Å². The van der Waals surface area contributed by atoms with E-state index in [9.17, 15) is 13.2 Å². The highest BCUT2D eigenvalue weighted by molar-refractivity contribution is 8.13. The molecule has 1 amide bonds. The number of amides is 1. The fraction of sp³-hybridized carbons (Fsp3) is 0.533. The molecule has 0 aliphatic rings. The Kier molecular flexibility index (Phi) is 7.18. The molecule has 1 atom stereocenters. The standard InChI is InChI=1S/C15H22ClNO3S/c1-3-5-6-13(4-2)15(18)17-11-12-7-9-14(10-8-12)21(16,19)20/h7-10,13H,3-6,11H2,1-2H3,(H,17,18). The van der Waals surface area contributed by atoms with Crippen molar-refractivity contribution in [3.05, 3.63) is 29.8 Å². The third kappa shape index (κ3) is 6.06. The third-order valence-electron chi connectivity index (χ3n) is 3.44. The lowest BCUT2D eigenvalue weighted by atomic mass is 9.98. The van der Waals surface area contributed by atoms with E-state index in [-0.39, 0.29) is 16.7 Å². The summed E-state index contributed by atoms with van der Waals surface area (Å²) in [5.41, 5.74) is 0.845. The van der Waals surface area contributed by atoms with Crippen LogP contribution in [0.1, 0.15) is 45.1 Å². The number of rotatable bonds is 8. The quantitative estimate of drug-likeness (QED) is 0.742. The van der Waals surface area contributed by atoms with E-state index in [4.69, 9.17) is 10.7 Å². The lowest BCUT2D eigenvalue weighted by Crippen LogP contribution is -2.30. The lowest BCUT2D eigenvalue weighted by Gasteiger charge is -2.14. The SMILES string of the molecule is CCCCC(CC)C(=O)NCc1ccc(S(=O)(=O)Cl)cc1. The molecule has 1 N–H and O–H groups in total. The van der Waals surface area contributed by atoms with Gasteiger partial charge in [0.05, 0.1) is 4.90 Å². The number of nitrogens with one attached hydrogen (secondary N) is 1. The van der Waals surface area contributed by atoms with Gasteiger partial charge in [-0.05, 0) is 30.5 Å². The summed E-state index contributed by atoms with van der Waals surface area (Å²) in [5.74, 6) is 0.104. The Morgan fingerprint density at radius 1 is 1.24 bits per heavy atom. The van der Waals surface area contributed by atoms with Crippen molar-refractivity contribution in [3.63, 3.8) is 0 Å². The molecule has 1 aromatic carbocycles. The molecule has 0 aliphatic heterocycles. The van der Waals surface area contributed by atoms with Gasteiger partial charge in [0.1, 0.15) is 0 Å². The summed E-state index contributed by atoms with van der Waals surface area (Å²) in [5, 5.41) is 2.90. The van der Waals surface area contributed by atoms with Crippen molar-refractivity contribution in [2.24, 2.45) is 5.92 Å². The number of benzene rings is 1. The van der Waals surface area contributed by atoms with Gasteiger partial charge in [-0.1, -0.05) is 38.8 Å². The fourth-order valence-electron chi connectivity index (χ4n) is 2.07. The predicted molar refractivity (Wildman–Crippen MR) is 84.6 cm³/mol. The van der Waals surface area contributed by atoms with Gasteiger partial charge in [0.2, 0.25) is 5.91 Å². The predicted octanol–water partition coefficient (Wildman–Crippen LogP) is 3.45. The average molecular weight is 332 g/mol. The van der Waals surface area contributed by atoms with Crippen molar-refractivity contribution < 1.29 is 13.2 Å². The van der Waals surface area contributed by atoms with Crippen LogP contribution in [0.15, 0.2) is 29.2 Å². The van der Waals surface area contributed by atoms with Crippen LogP contribution < -0.4 is 5.32 Å². The maximum atomic E-state index is 12.1. The van der Waals surface area contributed by atoms with Crippen LogP contribution in [0.4, 0.5) is 0 Å². The minimum atomic E-state index is -3.69. The molecule has 0 radical (unpaired) electrons. The van der Waals surface area contributed by atoms with Gasteiger partial charge in [0.25, 0.3) is 9.05 Å². The van der Waals surface area contributed by atoms with Crippen LogP contribution in [-0.2, 0) is 20.4 Å². The molecule has 118 valence electrons. The highest BCUT2D eigenvalue weighted by atomic mass is 35.7. The maximum absolute atomic E-state index is 12.1. The molecule has 0 aromatic heterocycles. The van der Waals surface area contributed by atoms with Crippen molar-refractivity contribution in [2.75, 3.05) is 0 Å². The molecule has 0 aliphatic carbocycles. The highest BCUT2D eigenvalue weighted by Crippen LogP contribution is 2.16. The zero-order valence-corrected chi connectivity index (χ0v) is 14.0. The molecular formula is C15H22ClNO3S. The van der Waals surface area contributed by atoms with Gasteiger partial charge in [0.15, 0.2) is 0 Å². The summed E-state index contributed by atoms with van der Waals surface area (Å²) in [6.07, 6.45) is 3.86. The second-order valence-corrected chi connectivity index (χ2v) is 7.61. The Hall–Kier alpha value is -1.07. The molecule has 4 nitrogen and oxygen atoms in total. The number of carbonyl (C=O) groups is 1. The number of halogens is 1. The second-order valence-electron chi connectivity index (χ2n) is 5.05. The first-order chi connectivity index (χ1) is 9.88. The summed E-state index contributed by atoms with van der Waals surface area (Å²) >= 11 is 0. The van der Waals surface area contributed by atoms with Crippen LogP contribution in [0.2, 0.25) is 0 Å². The summed E-state index contributed by atoms with van der Waals surface area (Å²) in [6, 6.07) is 6.20. The highest BCUT2D eigenvalue weighted by Gasteiger charge is 2.15. The van der Waals surface area contributed by atoms with E-state index in [1.165, 1.54) is 12.1 Å². The zero-order chi connectivity index (χ0) is 15.9. The monoisotopic (exact) mass is 331 g/mol. The van der Waals surface area contributed by atoms with Crippen LogP contribution in [0, 0.1) is 5.92 Å². The average Bonchev–Trinajstić information content (AvgIpc) is 2.45. The first-order valence-corrected chi connectivity index (χ1v) is 9.50. The minimum Gasteiger partial charge on any atom is -0.352 e. The molecule has 6 heteroatoms. The Labute approximate surface area is 131 Å². The Balaban J connectivity index is 2.56. The molecule has 0 heterocycles. The summed E-state index contributed by atoms with van der Waals surface area (Å²) in [4.78, 5) is 12.1. The maximum Gasteiger partial charge on any atom is 0.261 e. The molecule has 0 saturated carbocycles. The number of carbonyl (C=O) groups excluding carboxylic acids is 1. The van der Waals surface area contributed by atoms with Crippen LogP contribution in [-0.4, -0.2) is 14.3 Å². The summed E-state index contributed by atoms with van der Waals surface area (Å²) in [7, 11) is 1.56. The van der Waals surface area contributed by atoms with E-state index in [1.807, 2.05) is 6.92 Å². The van der Waals surface area contributed by atoms with Crippen LogP contribution in [0.3, 0.4) is 0 Å². The van der Waals surface area contributed by atoms with E-state index in [0.717, 1.165) is 31.2 Å². The molecule has 0 spiro atoms. The Bertz CT molecular complexity index is 555. The number of unbranched alkanes of at least 4 members (excludes halogenated alkanes) is 1. The zero-order valence-electron chi connectivity index (χ0n) is 12.4. The van der Waals surface area contributed by atoms with Crippen molar-refractivity contribution in [1.29, 1.82) is 0 Å². The molecule has 1 rings (SSSR count). The van der Waals surface area contributed by atoms with Crippen LogP contribution in [0.5, 0.6) is 0 Å². The third-order valence-corrected chi connectivity index (χ3v) is 4.81. The molecule has 1 unspecified atom stereocenters. The molecule has 0 bridgehead atoms. The van der Waals surface area contributed by atoms with E-state index >= 15 is 0 Å². The second kappa shape index (κ2) is 8.39. The summed E-state index contributed by atoms with van der Waals surface area (Å²) < 4.78 is 22.3. The fourth-order valence-corrected chi connectivity index (χ4v) is 2.84. The Morgan fingerprint density at radius 3 is 2.33 bits per heavy atom. The van der Waals surface area contributed by atoms with Gasteiger partial charge in [0, 0.05) is 23.1 Å². The minimum absolute atomic E-state index is 0.0486. The van der Waals surface area contributed by atoms with Crippen LogP contribution in [0.25, 0.3) is 0 Å².